The molecule has 0 aromatic heterocycles. The Kier molecular flexibility index (Phi) is 10.9. The van der Waals surface area contributed by atoms with Crippen molar-refractivity contribution >= 4 is 12.1 Å². The molecule has 2 N–H and O–H groups in total. The monoisotopic (exact) mass is 398 g/mol. The molecule has 2 saturated carbocycles. The van der Waals surface area contributed by atoms with E-state index in [0.29, 0.717) is 6.54 Å². The number of rotatable bonds is 5. The van der Waals surface area contributed by atoms with Crippen LogP contribution in [0.5, 0.6) is 0 Å². The molecule has 0 unspecified atom stereocenters. The fourth-order valence-electron chi connectivity index (χ4n) is 3.89. The lowest BCUT2D eigenvalue weighted by atomic mass is 9.91. The van der Waals surface area contributed by atoms with Crippen LogP contribution in [0.4, 0.5) is 4.79 Å². The molecule has 6 heteroatoms. The molecule has 6 nitrogen and oxygen atoms in total. The largest absolute Gasteiger partial charge is 0.480 e. The van der Waals surface area contributed by atoms with Gasteiger partial charge in [-0.05, 0) is 60.3 Å². The second-order valence-electron chi connectivity index (χ2n) is 9.12. The quantitative estimate of drug-likeness (QED) is 0.684. The first-order valence-electron chi connectivity index (χ1n) is 11.1. The molecule has 2 aliphatic carbocycles. The maximum Gasteiger partial charge on any atom is 0.411 e. The van der Waals surface area contributed by atoms with Gasteiger partial charge < -0.3 is 15.2 Å². The van der Waals surface area contributed by atoms with E-state index in [2.05, 4.69) is 5.32 Å². The van der Waals surface area contributed by atoms with Crippen LogP contribution in [-0.2, 0) is 9.53 Å². The van der Waals surface area contributed by atoms with Crippen molar-refractivity contribution in [1.82, 2.24) is 10.2 Å². The first-order chi connectivity index (χ1) is 13.1. The third kappa shape index (κ3) is 9.76. The Hall–Kier alpha value is -1.30. The van der Waals surface area contributed by atoms with E-state index in [1.165, 1.54) is 76.0 Å². The van der Waals surface area contributed by atoms with Crippen molar-refractivity contribution in [2.24, 2.45) is 0 Å². The molecule has 2 fully saturated rings. The summed E-state index contributed by atoms with van der Waals surface area (Å²) in [5.41, 5.74) is -0.608. The van der Waals surface area contributed by atoms with Crippen LogP contribution in [0.15, 0.2) is 0 Å². The van der Waals surface area contributed by atoms with Crippen LogP contribution in [0.1, 0.15) is 98.8 Å². The van der Waals surface area contributed by atoms with E-state index in [9.17, 15) is 9.59 Å². The highest BCUT2D eigenvalue weighted by atomic mass is 16.6. The van der Waals surface area contributed by atoms with Gasteiger partial charge in [-0.2, -0.15) is 0 Å². The molecule has 0 aromatic rings. The zero-order valence-electron chi connectivity index (χ0n) is 18.6. The Morgan fingerprint density at radius 2 is 1.43 bits per heavy atom. The maximum absolute atomic E-state index is 11.6. The second kappa shape index (κ2) is 12.3. The molecule has 0 heterocycles. The second-order valence-corrected chi connectivity index (χ2v) is 9.12. The summed E-state index contributed by atoms with van der Waals surface area (Å²) in [4.78, 5) is 23.5. The number of likely N-dealkylation sites (N-methyl/N-ethyl adjacent to an activating group) is 1. The lowest BCUT2D eigenvalue weighted by Crippen LogP contribution is -2.45. The fraction of sp³-hybridized carbons (Fsp3) is 0.909. The van der Waals surface area contributed by atoms with Gasteiger partial charge in [-0.25, -0.2) is 9.59 Å². The van der Waals surface area contributed by atoms with E-state index in [0.717, 1.165) is 12.1 Å². The van der Waals surface area contributed by atoms with Crippen LogP contribution < -0.4 is 5.32 Å². The maximum atomic E-state index is 11.6. The highest BCUT2D eigenvalue weighted by molar-refractivity contribution is 5.79. The van der Waals surface area contributed by atoms with Gasteiger partial charge in [0.1, 0.15) is 11.6 Å². The van der Waals surface area contributed by atoms with Gasteiger partial charge in [0.25, 0.3) is 0 Å². The Morgan fingerprint density at radius 3 is 1.75 bits per heavy atom. The molecule has 0 aromatic carbocycles. The normalized spacial score (nSPS) is 19.9. The predicted octanol–water partition coefficient (Wildman–Crippen LogP) is 4.96. The summed E-state index contributed by atoms with van der Waals surface area (Å²) in [5, 5.41) is 12.6. The van der Waals surface area contributed by atoms with Crippen molar-refractivity contribution in [2.75, 3.05) is 6.54 Å². The Balaban J connectivity index is 0.000000281. The molecule has 0 spiro atoms. The van der Waals surface area contributed by atoms with Crippen LogP contribution in [0.3, 0.4) is 0 Å². The summed E-state index contributed by atoms with van der Waals surface area (Å²) >= 11 is 0. The number of nitrogens with one attached hydrogen (secondary N) is 1. The fourth-order valence-corrected chi connectivity index (χ4v) is 3.89. The van der Waals surface area contributed by atoms with E-state index in [-0.39, 0.29) is 0 Å². The van der Waals surface area contributed by atoms with E-state index >= 15 is 0 Å². The number of carbonyl (C=O) groups excluding carboxylic acids is 1. The minimum absolute atomic E-state index is 0.308. The van der Waals surface area contributed by atoms with Crippen molar-refractivity contribution in [1.29, 1.82) is 0 Å². The zero-order valence-corrected chi connectivity index (χ0v) is 18.6. The number of carboxylic acid groups (broad SMARTS) is 1. The van der Waals surface area contributed by atoms with Crippen LogP contribution in [0.25, 0.3) is 0 Å². The molecule has 0 bridgehead atoms. The molecule has 28 heavy (non-hydrogen) atoms. The van der Waals surface area contributed by atoms with Gasteiger partial charge in [-0.3, -0.25) is 4.90 Å². The molecule has 0 saturated heterocycles. The summed E-state index contributed by atoms with van der Waals surface area (Å²) in [6.07, 6.45) is 14.0. The standard InChI is InChI=1S/C12H23N.C10H19NO4/c1-3-7-11(8-4-1)13-12-9-5-2-6-10-12;1-6-11(7(2)8(12)13)9(14)15-10(3,4)5/h11-13H,1-10H2;7H,6H2,1-5H3,(H,12,13)/t;7-/m.1/s1. The molecule has 164 valence electrons. The van der Waals surface area contributed by atoms with Gasteiger partial charge in [0, 0.05) is 18.6 Å². The Bertz CT molecular complexity index is 448. The molecule has 2 rings (SSSR count). The van der Waals surface area contributed by atoms with E-state index in [4.69, 9.17) is 9.84 Å². The summed E-state index contributed by atoms with van der Waals surface area (Å²) in [5.74, 6) is -1.04. The van der Waals surface area contributed by atoms with Crippen LogP contribution in [0, 0.1) is 0 Å². The minimum atomic E-state index is -1.04. The first-order valence-corrected chi connectivity index (χ1v) is 11.1. The van der Waals surface area contributed by atoms with Crippen molar-refractivity contribution < 1.29 is 19.4 Å². The number of carboxylic acids is 1. The lowest BCUT2D eigenvalue weighted by molar-refractivity contribution is -0.142. The summed E-state index contributed by atoms with van der Waals surface area (Å²) < 4.78 is 5.09. The van der Waals surface area contributed by atoms with Crippen LogP contribution >= 0.6 is 0 Å². The molecular formula is C22H42N2O4. The van der Waals surface area contributed by atoms with Gasteiger partial charge >= 0.3 is 12.1 Å². The third-order valence-corrected chi connectivity index (χ3v) is 5.48. The van der Waals surface area contributed by atoms with Crippen molar-refractivity contribution in [2.45, 2.75) is 123 Å². The van der Waals surface area contributed by atoms with Gasteiger partial charge in [-0.15, -0.1) is 0 Å². The van der Waals surface area contributed by atoms with Gasteiger partial charge in [0.15, 0.2) is 0 Å². The average molecular weight is 399 g/mol. The smallest absolute Gasteiger partial charge is 0.411 e. The SMILES string of the molecule is C1CCC(NC2CCCCC2)CC1.CCN(C(=O)OC(C)(C)C)[C@H](C)C(=O)O. The first kappa shape index (κ1) is 24.7. The highest BCUT2D eigenvalue weighted by Crippen LogP contribution is 2.22. The molecule has 0 radical (unpaired) electrons. The number of amides is 1. The lowest BCUT2D eigenvalue weighted by Gasteiger charge is -2.30. The van der Waals surface area contributed by atoms with Gasteiger partial charge in [-0.1, -0.05) is 38.5 Å². The highest BCUT2D eigenvalue weighted by Gasteiger charge is 2.28. The third-order valence-electron chi connectivity index (χ3n) is 5.48. The Labute approximate surface area is 171 Å². The van der Waals surface area contributed by atoms with Crippen LogP contribution in [-0.4, -0.2) is 52.3 Å². The number of aliphatic carboxylic acids is 1. The van der Waals surface area contributed by atoms with Gasteiger partial charge in [0.2, 0.25) is 0 Å². The zero-order chi connectivity index (χ0) is 21.2. The topological polar surface area (TPSA) is 78.9 Å². The molecule has 1 atom stereocenters. The number of carbonyl (C=O) groups is 2. The number of hydrogen-bond donors (Lipinski definition) is 2. The van der Waals surface area contributed by atoms with E-state index < -0.39 is 23.7 Å². The number of nitrogens with zero attached hydrogens (tertiary/aromatic N) is 1. The average Bonchev–Trinajstić information content (AvgIpc) is 2.63. The van der Waals surface area contributed by atoms with Crippen LogP contribution in [0.2, 0.25) is 0 Å². The summed E-state index contributed by atoms with van der Waals surface area (Å²) in [6.45, 7) is 8.69. The van der Waals surface area contributed by atoms with Gasteiger partial charge in [0.05, 0.1) is 0 Å². The molecule has 1 amide bonds. The Morgan fingerprint density at radius 1 is 1.00 bits per heavy atom. The van der Waals surface area contributed by atoms with Crippen molar-refractivity contribution in [3.05, 3.63) is 0 Å². The molecule has 2 aliphatic rings. The summed E-state index contributed by atoms with van der Waals surface area (Å²) in [6, 6.07) is 0.874. The van der Waals surface area contributed by atoms with E-state index in [1.54, 1.807) is 27.7 Å². The van der Waals surface area contributed by atoms with Crippen molar-refractivity contribution in [3.63, 3.8) is 0 Å². The number of ether oxygens (including phenoxy) is 1. The molecule has 0 aliphatic heterocycles. The number of hydrogen-bond acceptors (Lipinski definition) is 4. The molecular weight excluding hydrogens is 356 g/mol. The minimum Gasteiger partial charge on any atom is -0.480 e. The predicted molar refractivity (Wildman–Crippen MR) is 113 cm³/mol. The van der Waals surface area contributed by atoms with E-state index in [1.807, 2.05) is 0 Å². The summed E-state index contributed by atoms with van der Waals surface area (Å²) in [7, 11) is 0. The van der Waals surface area contributed by atoms with Crippen molar-refractivity contribution in [3.8, 4) is 0 Å².